The van der Waals surface area contributed by atoms with Crippen LogP contribution in [0.1, 0.15) is 31.7 Å². The molecule has 1 aromatic rings. The molecule has 0 saturated heterocycles. The summed E-state index contributed by atoms with van der Waals surface area (Å²) in [5.74, 6) is 1.01. The molecule has 1 rings (SSSR count). The van der Waals surface area contributed by atoms with Gasteiger partial charge in [0.05, 0.1) is 6.54 Å². The average Bonchev–Trinajstić information content (AvgIpc) is 2.31. The molecule has 0 atom stereocenters. The molecule has 18 heavy (non-hydrogen) atoms. The number of hydrogen-bond acceptors (Lipinski definition) is 4. The van der Waals surface area contributed by atoms with E-state index in [4.69, 9.17) is 17.3 Å². The first kappa shape index (κ1) is 14.7. The van der Waals surface area contributed by atoms with Crippen molar-refractivity contribution < 1.29 is 4.79 Å². The topological polar surface area (TPSA) is 72.1 Å². The molecule has 1 aromatic heterocycles. The van der Waals surface area contributed by atoms with Crippen LogP contribution in [0.2, 0.25) is 5.15 Å². The lowest BCUT2D eigenvalue weighted by Gasteiger charge is -2.22. The first-order valence-electron chi connectivity index (χ1n) is 6.05. The largest absolute Gasteiger partial charge is 0.368 e. The van der Waals surface area contributed by atoms with Crippen LogP contribution in [0.25, 0.3) is 0 Å². The van der Waals surface area contributed by atoms with E-state index in [1.54, 1.807) is 0 Å². The molecule has 1 heterocycles. The number of nitrogens with zero attached hydrogens (tertiary/aromatic N) is 3. The molecule has 2 N–H and O–H groups in total. The molecule has 100 valence electrons. The number of likely N-dealkylation sites (N-methyl/N-ethyl adjacent to an activating group) is 1. The van der Waals surface area contributed by atoms with Gasteiger partial charge in [-0.25, -0.2) is 9.97 Å². The summed E-state index contributed by atoms with van der Waals surface area (Å²) in [6.07, 6.45) is 1.71. The number of nitrogens with two attached hydrogens (primary N) is 1. The molecule has 0 aliphatic rings. The fourth-order valence-corrected chi connectivity index (χ4v) is 1.87. The summed E-state index contributed by atoms with van der Waals surface area (Å²) < 4.78 is 0. The minimum atomic E-state index is -0.386. The fraction of sp³-hybridized carbons (Fsp3) is 0.583. The van der Waals surface area contributed by atoms with Crippen molar-refractivity contribution in [1.82, 2.24) is 9.97 Å². The van der Waals surface area contributed by atoms with Crippen molar-refractivity contribution in [3.05, 3.63) is 16.5 Å². The van der Waals surface area contributed by atoms with Crippen LogP contribution in [0.3, 0.4) is 0 Å². The van der Waals surface area contributed by atoms with Gasteiger partial charge in [-0.2, -0.15) is 0 Å². The van der Waals surface area contributed by atoms with E-state index in [9.17, 15) is 4.79 Å². The van der Waals surface area contributed by atoms with E-state index in [-0.39, 0.29) is 12.5 Å². The predicted octanol–water partition coefficient (Wildman–Crippen LogP) is 1.70. The standard InChI is InChI=1S/C12H19ClN4O/c1-4-6-10-15-11(13)8(3)12(16-10)17(5-2)7-9(14)18/h4-7H2,1-3H3,(H2,14,18). The number of carbonyl (C=O) groups excluding carboxylic acids is 1. The second-order valence-electron chi connectivity index (χ2n) is 4.11. The van der Waals surface area contributed by atoms with Crippen LogP contribution < -0.4 is 10.6 Å². The third kappa shape index (κ3) is 3.57. The Labute approximate surface area is 112 Å². The third-order valence-electron chi connectivity index (χ3n) is 2.61. The van der Waals surface area contributed by atoms with Crippen LogP contribution >= 0.6 is 11.6 Å². The summed E-state index contributed by atoms with van der Waals surface area (Å²) in [5.41, 5.74) is 6.01. The summed E-state index contributed by atoms with van der Waals surface area (Å²) in [5, 5.41) is 0.436. The smallest absolute Gasteiger partial charge is 0.236 e. The van der Waals surface area contributed by atoms with E-state index in [0.29, 0.717) is 23.3 Å². The number of rotatable bonds is 6. The molecule has 0 aliphatic heterocycles. The van der Waals surface area contributed by atoms with E-state index < -0.39 is 0 Å². The van der Waals surface area contributed by atoms with Crippen molar-refractivity contribution >= 4 is 23.3 Å². The highest BCUT2D eigenvalue weighted by Crippen LogP contribution is 2.23. The molecule has 0 bridgehead atoms. The van der Waals surface area contributed by atoms with Gasteiger partial charge >= 0.3 is 0 Å². The van der Waals surface area contributed by atoms with Gasteiger partial charge in [0.2, 0.25) is 5.91 Å². The maximum Gasteiger partial charge on any atom is 0.236 e. The lowest BCUT2D eigenvalue weighted by molar-refractivity contribution is -0.116. The Bertz CT molecular complexity index is 436. The molecule has 5 nitrogen and oxygen atoms in total. The molecular weight excluding hydrogens is 252 g/mol. The molecule has 0 saturated carbocycles. The first-order valence-corrected chi connectivity index (χ1v) is 6.43. The molecule has 0 unspecified atom stereocenters. The molecule has 0 aromatic carbocycles. The summed E-state index contributed by atoms with van der Waals surface area (Å²) in [6.45, 7) is 6.62. The van der Waals surface area contributed by atoms with Crippen molar-refractivity contribution in [3.63, 3.8) is 0 Å². The van der Waals surface area contributed by atoms with Crippen LogP contribution in [-0.4, -0.2) is 29.0 Å². The highest BCUT2D eigenvalue weighted by Gasteiger charge is 2.16. The van der Waals surface area contributed by atoms with Crippen LogP contribution in [0.15, 0.2) is 0 Å². The maximum atomic E-state index is 11.1. The maximum absolute atomic E-state index is 11.1. The highest BCUT2D eigenvalue weighted by molar-refractivity contribution is 6.30. The Kier molecular flexibility index (Phi) is 5.34. The van der Waals surface area contributed by atoms with Gasteiger partial charge in [-0.1, -0.05) is 18.5 Å². The Morgan fingerprint density at radius 3 is 2.56 bits per heavy atom. The molecule has 1 amide bonds. The second-order valence-corrected chi connectivity index (χ2v) is 4.47. The summed E-state index contributed by atoms with van der Waals surface area (Å²) >= 11 is 6.10. The van der Waals surface area contributed by atoms with Gasteiger partial charge in [0.1, 0.15) is 16.8 Å². The SMILES string of the molecule is CCCc1nc(Cl)c(C)c(N(CC)CC(N)=O)n1. The third-order valence-corrected chi connectivity index (χ3v) is 2.98. The average molecular weight is 271 g/mol. The molecule has 0 radical (unpaired) electrons. The van der Waals surface area contributed by atoms with Crippen molar-refractivity contribution in [3.8, 4) is 0 Å². The van der Waals surface area contributed by atoms with E-state index in [1.807, 2.05) is 18.7 Å². The number of halogens is 1. The van der Waals surface area contributed by atoms with Crippen LogP contribution in [0, 0.1) is 6.92 Å². The number of aryl methyl sites for hydroxylation is 1. The minimum absolute atomic E-state index is 0.135. The van der Waals surface area contributed by atoms with Gasteiger partial charge in [-0.15, -0.1) is 0 Å². The van der Waals surface area contributed by atoms with Crippen molar-refractivity contribution in [2.24, 2.45) is 5.73 Å². The van der Waals surface area contributed by atoms with E-state index in [2.05, 4.69) is 16.9 Å². The van der Waals surface area contributed by atoms with Gasteiger partial charge in [0, 0.05) is 18.5 Å². The second kappa shape index (κ2) is 6.54. The van der Waals surface area contributed by atoms with Gasteiger partial charge < -0.3 is 10.6 Å². The quantitative estimate of drug-likeness (QED) is 0.799. The number of aromatic nitrogens is 2. The zero-order valence-electron chi connectivity index (χ0n) is 11.0. The zero-order chi connectivity index (χ0) is 13.7. The summed E-state index contributed by atoms with van der Waals surface area (Å²) in [7, 11) is 0. The molecule has 0 fully saturated rings. The van der Waals surface area contributed by atoms with Crippen molar-refractivity contribution in [2.45, 2.75) is 33.6 Å². The number of primary amides is 1. The van der Waals surface area contributed by atoms with Crippen LogP contribution in [0.4, 0.5) is 5.82 Å². The van der Waals surface area contributed by atoms with E-state index in [0.717, 1.165) is 18.4 Å². The number of anilines is 1. The summed E-state index contributed by atoms with van der Waals surface area (Å²) in [4.78, 5) is 21.6. The Morgan fingerprint density at radius 2 is 2.06 bits per heavy atom. The van der Waals surface area contributed by atoms with Crippen molar-refractivity contribution in [2.75, 3.05) is 18.0 Å². The highest BCUT2D eigenvalue weighted by atomic mass is 35.5. The van der Waals surface area contributed by atoms with E-state index >= 15 is 0 Å². The first-order chi connectivity index (χ1) is 8.49. The molecule has 6 heteroatoms. The lowest BCUT2D eigenvalue weighted by atomic mass is 10.2. The zero-order valence-corrected chi connectivity index (χ0v) is 11.8. The molecule has 0 aliphatic carbocycles. The van der Waals surface area contributed by atoms with Gasteiger partial charge in [0.15, 0.2) is 0 Å². The van der Waals surface area contributed by atoms with Crippen LogP contribution in [0.5, 0.6) is 0 Å². The lowest BCUT2D eigenvalue weighted by Crippen LogP contribution is -2.35. The number of hydrogen-bond donors (Lipinski definition) is 1. The van der Waals surface area contributed by atoms with Gasteiger partial charge in [-0.3, -0.25) is 4.79 Å². The summed E-state index contributed by atoms with van der Waals surface area (Å²) in [6, 6.07) is 0. The Balaban J connectivity index is 3.14. The monoisotopic (exact) mass is 270 g/mol. The van der Waals surface area contributed by atoms with Gasteiger partial charge in [0.25, 0.3) is 0 Å². The van der Waals surface area contributed by atoms with E-state index in [1.165, 1.54) is 0 Å². The number of carbonyl (C=O) groups is 1. The minimum Gasteiger partial charge on any atom is -0.368 e. The Hall–Kier alpha value is -1.36. The fourth-order valence-electron chi connectivity index (χ4n) is 1.69. The molecule has 0 spiro atoms. The Morgan fingerprint density at radius 1 is 1.39 bits per heavy atom. The van der Waals surface area contributed by atoms with Gasteiger partial charge in [-0.05, 0) is 20.3 Å². The number of amides is 1. The predicted molar refractivity (Wildman–Crippen MR) is 72.9 cm³/mol. The van der Waals surface area contributed by atoms with Crippen LogP contribution in [-0.2, 0) is 11.2 Å². The normalized spacial score (nSPS) is 10.4. The van der Waals surface area contributed by atoms with Crippen molar-refractivity contribution in [1.29, 1.82) is 0 Å². The molecular formula is C12H19ClN4O.